The van der Waals surface area contributed by atoms with Gasteiger partial charge in [-0.3, -0.25) is 14.9 Å². The Kier molecular flexibility index (Phi) is 5.43. The number of rotatable bonds is 6. The van der Waals surface area contributed by atoms with Gasteiger partial charge in [-0.05, 0) is 36.8 Å². The zero-order valence-corrected chi connectivity index (χ0v) is 16.0. The van der Waals surface area contributed by atoms with E-state index in [1.807, 2.05) is 37.3 Å². The molecule has 8 nitrogen and oxygen atoms in total. The lowest BCUT2D eigenvalue weighted by atomic mass is 10.1. The number of aromatic amines is 1. The van der Waals surface area contributed by atoms with Gasteiger partial charge in [-0.15, -0.1) is 5.10 Å². The van der Waals surface area contributed by atoms with E-state index in [1.165, 1.54) is 11.8 Å². The number of carbonyl (C=O) groups is 1. The fourth-order valence-corrected chi connectivity index (χ4v) is 3.39. The minimum absolute atomic E-state index is 0.0948. The molecule has 1 atom stereocenters. The Morgan fingerprint density at radius 3 is 2.82 bits per heavy atom. The number of amides is 1. The number of fused-ring (bicyclic) bond motifs is 1. The lowest BCUT2D eigenvalue weighted by Gasteiger charge is -2.21. The minimum atomic E-state index is -0.150. The maximum absolute atomic E-state index is 12.3. The molecule has 0 saturated carbocycles. The van der Waals surface area contributed by atoms with Crippen molar-refractivity contribution in [1.82, 2.24) is 25.5 Å². The van der Waals surface area contributed by atoms with Crippen molar-refractivity contribution in [1.29, 1.82) is 0 Å². The molecule has 0 spiro atoms. The topological polar surface area (TPSA) is 102 Å². The molecule has 9 heteroatoms. The van der Waals surface area contributed by atoms with Gasteiger partial charge in [-0.2, -0.15) is 0 Å². The highest BCUT2D eigenvalue weighted by atomic mass is 32.2. The van der Waals surface area contributed by atoms with Crippen LogP contribution in [0.3, 0.4) is 0 Å². The number of carbonyl (C=O) groups excluding carboxylic acids is 1. The third kappa shape index (κ3) is 4.25. The van der Waals surface area contributed by atoms with Gasteiger partial charge in [-0.1, -0.05) is 17.8 Å². The molecule has 144 valence electrons. The first-order valence-electron chi connectivity index (χ1n) is 8.83. The number of nitrogens with zero attached hydrogens (tertiary/aromatic N) is 3. The molecule has 2 aromatic heterocycles. The number of hydrogen-bond acceptors (Lipinski definition) is 7. The summed E-state index contributed by atoms with van der Waals surface area (Å²) in [5.41, 5.74) is 1.85. The Balaban J connectivity index is 1.31. The van der Waals surface area contributed by atoms with Crippen molar-refractivity contribution in [2.75, 3.05) is 19.0 Å². The summed E-state index contributed by atoms with van der Waals surface area (Å²) in [6, 6.07) is 9.25. The maximum Gasteiger partial charge on any atom is 0.230 e. The second-order valence-electron chi connectivity index (χ2n) is 6.18. The van der Waals surface area contributed by atoms with Crippen LogP contribution in [0, 0.1) is 0 Å². The summed E-state index contributed by atoms with van der Waals surface area (Å²) < 4.78 is 11.1. The lowest BCUT2D eigenvalue weighted by molar-refractivity contribution is -0.119. The fourth-order valence-electron chi connectivity index (χ4n) is 2.78. The molecular weight excluding hydrogens is 378 g/mol. The molecule has 3 heterocycles. The number of H-pyrrole nitrogens is 1. The normalized spacial score (nSPS) is 13.8. The molecule has 4 rings (SSSR count). The Morgan fingerprint density at radius 1 is 1.21 bits per heavy atom. The van der Waals surface area contributed by atoms with Crippen molar-refractivity contribution >= 4 is 17.7 Å². The van der Waals surface area contributed by atoms with Crippen molar-refractivity contribution in [3.05, 3.63) is 48.3 Å². The predicted molar refractivity (Wildman–Crippen MR) is 104 cm³/mol. The first-order chi connectivity index (χ1) is 13.7. The van der Waals surface area contributed by atoms with Crippen molar-refractivity contribution in [2.24, 2.45) is 0 Å². The number of nitrogens with one attached hydrogen (secondary N) is 2. The number of thioether (sulfide) groups is 1. The molecule has 0 radical (unpaired) electrons. The molecule has 0 aliphatic carbocycles. The first-order valence-corrected chi connectivity index (χ1v) is 9.82. The molecule has 1 aromatic carbocycles. The van der Waals surface area contributed by atoms with Crippen LogP contribution in [0.5, 0.6) is 11.5 Å². The van der Waals surface area contributed by atoms with Gasteiger partial charge < -0.3 is 14.8 Å². The molecule has 0 saturated heterocycles. The average Bonchev–Trinajstić information content (AvgIpc) is 3.22. The van der Waals surface area contributed by atoms with Crippen LogP contribution in [0.15, 0.2) is 47.9 Å². The highest BCUT2D eigenvalue weighted by molar-refractivity contribution is 7.99. The van der Waals surface area contributed by atoms with Crippen LogP contribution in [0.2, 0.25) is 0 Å². The van der Waals surface area contributed by atoms with Crippen molar-refractivity contribution in [2.45, 2.75) is 18.1 Å². The van der Waals surface area contributed by atoms with Crippen LogP contribution >= 0.6 is 11.8 Å². The highest BCUT2D eigenvalue weighted by Gasteiger charge is 2.16. The predicted octanol–water partition coefficient (Wildman–Crippen LogP) is 2.61. The summed E-state index contributed by atoms with van der Waals surface area (Å²) in [7, 11) is 0. The van der Waals surface area contributed by atoms with Gasteiger partial charge in [0.15, 0.2) is 17.3 Å². The van der Waals surface area contributed by atoms with Gasteiger partial charge in [0, 0.05) is 18.0 Å². The smallest absolute Gasteiger partial charge is 0.230 e. The third-order valence-electron chi connectivity index (χ3n) is 4.19. The van der Waals surface area contributed by atoms with E-state index in [0.29, 0.717) is 29.9 Å². The highest BCUT2D eigenvalue weighted by Crippen LogP contribution is 2.32. The summed E-state index contributed by atoms with van der Waals surface area (Å²) in [6.45, 7) is 3.02. The van der Waals surface area contributed by atoms with Gasteiger partial charge in [0.05, 0.1) is 11.8 Å². The molecule has 0 bridgehead atoms. The Labute approximate surface area is 166 Å². The van der Waals surface area contributed by atoms with E-state index in [1.54, 1.807) is 12.4 Å². The third-order valence-corrected chi connectivity index (χ3v) is 5.04. The van der Waals surface area contributed by atoms with Gasteiger partial charge in [0.25, 0.3) is 0 Å². The van der Waals surface area contributed by atoms with E-state index < -0.39 is 0 Å². The summed E-state index contributed by atoms with van der Waals surface area (Å²) in [5, 5.41) is 10.5. The van der Waals surface area contributed by atoms with E-state index in [2.05, 4.69) is 25.5 Å². The van der Waals surface area contributed by atoms with E-state index in [9.17, 15) is 4.79 Å². The number of aromatic nitrogens is 4. The molecular formula is C19H19N5O3S. The monoisotopic (exact) mass is 397 g/mol. The largest absolute Gasteiger partial charge is 0.486 e. The second-order valence-corrected chi connectivity index (χ2v) is 7.13. The van der Waals surface area contributed by atoms with Gasteiger partial charge in [0.1, 0.15) is 13.2 Å². The molecule has 0 fully saturated rings. The number of benzene rings is 1. The van der Waals surface area contributed by atoms with Crippen LogP contribution in [0.4, 0.5) is 0 Å². The molecule has 1 aliphatic rings. The molecule has 3 aromatic rings. The molecule has 0 unspecified atom stereocenters. The number of hydrogen-bond donors (Lipinski definition) is 2. The Hall–Kier alpha value is -3.07. The summed E-state index contributed by atoms with van der Waals surface area (Å²) in [5.74, 6) is 2.22. The van der Waals surface area contributed by atoms with Crippen LogP contribution in [-0.2, 0) is 4.79 Å². The summed E-state index contributed by atoms with van der Waals surface area (Å²) in [6.07, 6.45) is 3.38. The first kappa shape index (κ1) is 18.3. The standard InChI is InChI=1S/C19H19N5O3S/c1-12(14-2-3-15-16(10-14)27-9-8-26-15)21-17(25)11-28-19-22-18(23-24-19)13-4-6-20-7-5-13/h2-7,10,12H,8-9,11H2,1H3,(H,21,25)(H,22,23,24)/t12-/m1/s1. The van der Waals surface area contributed by atoms with Gasteiger partial charge >= 0.3 is 0 Å². The van der Waals surface area contributed by atoms with Gasteiger partial charge in [0.2, 0.25) is 11.1 Å². The van der Waals surface area contributed by atoms with Crippen LogP contribution < -0.4 is 14.8 Å². The van der Waals surface area contributed by atoms with Gasteiger partial charge in [-0.25, -0.2) is 4.98 Å². The number of ether oxygens (including phenoxy) is 2. The fraction of sp³-hybridized carbons (Fsp3) is 0.263. The Bertz CT molecular complexity index is 963. The van der Waals surface area contributed by atoms with Crippen LogP contribution in [0.25, 0.3) is 11.4 Å². The van der Waals surface area contributed by atoms with E-state index in [0.717, 1.165) is 16.9 Å². The average molecular weight is 397 g/mol. The van der Waals surface area contributed by atoms with Crippen LogP contribution in [0.1, 0.15) is 18.5 Å². The quantitative estimate of drug-likeness (QED) is 0.617. The Morgan fingerprint density at radius 2 is 2.00 bits per heavy atom. The number of pyridine rings is 1. The molecule has 1 aliphatic heterocycles. The van der Waals surface area contributed by atoms with E-state index in [-0.39, 0.29) is 17.7 Å². The lowest BCUT2D eigenvalue weighted by Crippen LogP contribution is -2.28. The molecule has 1 amide bonds. The summed E-state index contributed by atoms with van der Waals surface area (Å²) in [4.78, 5) is 20.7. The van der Waals surface area contributed by atoms with E-state index in [4.69, 9.17) is 9.47 Å². The zero-order chi connectivity index (χ0) is 19.3. The maximum atomic E-state index is 12.3. The van der Waals surface area contributed by atoms with E-state index >= 15 is 0 Å². The van der Waals surface area contributed by atoms with Crippen molar-refractivity contribution in [3.8, 4) is 22.9 Å². The second kappa shape index (κ2) is 8.30. The summed E-state index contributed by atoms with van der Waals surface area (Å²) >= 11 is 1.28. The van der Waals surface area contributed by atoms with Crippen molar-refractivity contribution in [3.63, 3.8) is 0 Å². The SMILES string of the molecule is C[C@@H](NC(=O)CSc1n[nH]c(-c2ccncc2)n1)c1ccc2c(c1)OCCO2. The molecule has 2 N–H and O–H groups in total. The zero-order valence-electron chi connectivity index (χ0n) is 15.2. The molecule has 28 heavy (non-hydrogen) atoms. The van der Waals surface area contributed by atoms with Crippen LogP contribution in [-0.4, -0.2) is 45.0 Å². The van der Waals surface area contributed by atoms with Crippen molar-refractivity contribution < 1.29 is 14.3 Å². The minimum Gasteiger partial charge on any atom is -0.486 e.